The highest BCUT2D eigenvalue weighted by atomic mass is 35.5. The molecule has 0 aromatic heterocycles. The van der Waals surface area contributed by atoms with Gasteiger partial charge in [-0.3, -0.25) is 9.69 Å². The van der Waals surface area contributed by atoms with Crippen LogP contribution in [-0.4, -0.2) is 49.1 Å². The van der Waals surface area contributed by atoms with Crippen LogP contribution in [0.15, 0.2) is 24.3 Å². The standard InChI is InChI=1S/C17H21ClN4O/c18-14-2-1-3-15(12-14)22-10-8-21(9-11-22)7-4-16(23)20-17(13-19)5-6-17/h1-3,12H,4-11H2,(H,20,23). The Labute approximate surface area is 141 Å². The Hall–Kier alpha value is -1.77. The summed E-state index contributed by atoms with van der Waals surface area (Å²) in [5.41, 5.74) is 0.599. The summed E-state index contributed by atoms with van der Waals surface area (Å²) in [5, 5.41) is 12.6. The van der Waals surface area contributed by atoms with E-state index in [2.05, 4.69) is 27.3 Å². The molecule has 3 rings (SSSR count). The molecule has 1 N–H and O–H groups in total. The first-order chi connectivity index (χ1) is 11.1. The first-order valence-corrected chi connectivity index (χ1v) is 8.43. The zero-order valence-electron chi connectivity index (χ0n) is 13.1. The minimum Gasteiger partial charge on any atom is -0.369 e. The van der Waals surface area contributed by atoms with E-state index < -0.39 is 5.54 Å². The van der Waals surface area contributed by atoms with Crippen LogP contribution in [0.5, 0.6) is 0 Å². The summed E-state index contributed by atoms with van der Waals surface area (Å²) in [4.78, 5) is 16.5. The highest BCUT2D eigenvalue weighted by molar-refractivity contribution is 6.30. The molecule has 2 aliphatic rings. The summed E-state index contributed by atoms with van der Waals surface area (Å²) in [6.45, 7) is 4.48. The largest absolute Gasteiger partial charge is 0.369 e. The number of amides is 1. The van der Waals surface area contributed by atoms with E-state index in [0.29, 0.717) is 6.42 Å². The minimum atomic E-state index is -0.553. The van der Waals surface area contributed by atoms with E-state index in [0.717, 1.165) is 56.3 Å². The van der Waals surface area contributed by atoms with E-state index in [4.69, 9.17) is 16.9 Å². The highest BCUT2D eigenvalue weighted by Crippen LogP contribution is 2.34. The van der Waals surface area contributed by atoms with Crippen LogP contribution in [0.3, 0.4) is 0 Å². The molecule has 1 aliphatic heterocycles. The predicted octanol–water partition coefficient (Wildman–Crippen LogP) is 2.02. The first kappa shape index (κ1) is 16.1. The minimum absolute atomic E-state index is 0.0127. The number of carbonyl (C=O) groups is 1. The van der Waals surface area contributed by atoms with Gasteiger partial charge in [0.2, 0.25) is 5.91 Å². The summed E-state index contributed by atoms with van der Waals surface area (Å²) in [6.07, 6.45) is 2.03. The fourth-order valence-corrected chi connectivity index (χ4v) is 3.07. The van der Waals surface area contributed by atoms with Crippen molar-refractivity contribution in [1.82, 2.24) is 10.2 Å². The summed E-state index contributed by atoms with van der Waals surface area (Å²) >= 11 is 6.04. The maximum Gasteiger partial charge on any atom is 0.222 e. The number of anilines is 1. The van der Waals surface area contributed by atoms with Gasteiger partial charge in [0.25, 0.3) is 0 Å². The van der Waals surface area contributed by atoms with E-state index in [1.165, 1.54) is 0 Å². The van der Waals surface area contributed by atoms with Crippen molar-refractivity contribution in [2.45, 2.75) is 24.8 Å². The average Bonchev–Trinajstić information content (AvgIpc) is 3.33. The van der Waals surface area contributed by atoms with Gasteiger partial charge in [0.05, 0.1) is 6.07 Å². The second-order valence-corrected chi connectivity index (χ2v) is 6.74. The zero-order chi connectivity index (χ0) is 16.3. The molecule has 1 heterocycles. The van der Waals surface area contributed by atoms with Crippen molar-refractivity contribution in [3.8, 4) is 6.07 Å². The zero-order valence-corrected chi connectivity index (χ0v) is 13.9. The third-order valence-corrected chi connectivity index (χ3v) is 4.78. The molecule has 1 aromatic carbocycles. The molecule has 1 saturated heterocycles. The molecular formula is C17H21ClN4O. The van der Waals surface area contributed by atoms with Crippen LogP contribution in [0.1, 0.15) is 19.3 Å². The summed E-state index contributed by atoms with van der Waals surface area (Å²) in [5.74, 6) is -0.0127. The lowest BCUT2D eigenvalue weighted by Gasteiger charge is -2.36. The van der Waals surface area contributed by atoms with E-state index >= 15 is 0 Å². The fraction of sp³-hybridized carbons (Fsp3) is 0.529. The molecule has 1 saturated carbocycles. The fourth-order valence-electron chi connectivity index (χ4n) is 2.88. The molecule has 0 radical (unpaired) electrons. The molecule has 122 valence electrons. The van der Waals surface area contributed by atoms with Crippen LogP contribution >= 0.6 is 11.6 Å². The second kappa shape index (κ2) is 6.77. The van der Waals surface area contributed by atoms with Gasteiger partial charge in [-0.05, 0) is 31.0 Å². The van der Waals surface area contributed by atoms with Gasteiger partial charge in [0.1, 0.15) is 5.54 Å². The van der Waals surface area contributed by atoms with Crippen molar-refractivity contribution in [3.05, 3.63) is 29.3 Å². The SMILES string of the molecule is N#CC1(NC(=O)CCN2CCN(c3cccc(Cl)c3)CC2)CC1. The Kier molecular flexibility index (Phi) is 4.74. The van der Waals surface area contributed by atoms with Crippen molar-refractivity contribution in [3.63, 3.8) is 0 Å². The topological polar surface area (TPSA) is 59.4 Å². The normalized spacial score (nSPS) is 19.9. The van der Waals surface area contributed by atoms with E-state index in [1.54, 1.807) is 0 Å². The van der Waals surface area contributed by atoms with Gasteiger partial charge in [-0.2, -0.15) is 5.26 Å². The number of carbonyl (C=O) groups excluding carboxylic acids is 1. The molecule has 0 spiro atoms. The van der Waals surface area contributed by atoms with Crippen molar-refractivity contribution < 1.29 is 4.79 Å². The molecule has 5 nitrogen and oxygen atoms in total. The van der Waals surface area contributed by atoms with Gasteiger partial charge >= 0.3 is 0 Å². The number of nitrogens with one attached hydrogen (secondary N) is 1. The number of nitrogens with zero attached hydrogens (tertiary/aromatic N) is 3. The van der Waals surface area contributed by atoms with Gasteiger partial charge in [0, 0.05) is 49.9 Å². The van der Waals surface area contributed by atoms with Gasteiger partial charge in [0.15, 0.2) is 0 Å². The summed E-state index contributed by atoms with van der Waals surface area (Å²) in [7, 11) is 0. The van der Waals surface area contributed by atoms with Gasteiger partial charge in [-0.25, -0.2) is 0 Å². The number of benzene rings is 1. The predicted molar refractivity (Wildman–Crippen MR) is 90.4 cm³/mol. The van der Waals surface area contributed by atoms with E-state index in [-0.39, 0.29) is 5.91 Å². The second-order valence-electron chi connectivity index (χ2n) is 6.30. The first-order valence-electron chi connectivity index (χ1n) is 8.05. The van der Waals surface area contributed by atoms with Gasteiger partial charge < -0.3 is 10.2 Å². The van der Waals surface area contributed by atoms with Crippen LogP contribution in [0.2, 0.25) is 5.02 Å². The van der Waals surface area contributed by atoms with Crippen LogP contribution in [0.4, 0.5) is 5.69 Å². The summed E-state index contributed by atoms with van der Waals surface area (Å²) < 4.78 is 0. The van der Waals surface area contributed by atoms with Gasteiger partial charge in [-0.15, -0.1) is 0 Å². The van der Waals surface area contributed by atoms with Crippen molar-refractivity contribution in [1.29, 1.82) is 5.26 Å². The van der Waals surface area contributed by atoms with Crippen LogP contribution in [0, 0.1) is 11.3 Å². The molecule has 23 heavy (non-hydrogen) atoms. The summed E-state index contributed by atoms with van der Waals surface area (Å²) in [6, 6.07) is 10.1. The number of halogens is 1. The Morgan fingerprint density at radius 2 is 2.04 bits per heavy atom. The molecule has 1 amide bonds. The lowest BCUT2D eigenvalue weighted by molar-refractivity contribution is -0.122. The third-order valence-electron chi connectivity index (χ3n) is 4.54. The molecule has 0 atom stereocenters. The van der Waals surface area contributed by atoms with Crippen LogP contribution in [0.25, 0.3) is 0 Å². The highest BCUT2D eigenvalue weighted by Gasteiger charge is 2.44. The van der Waals surface area contributed by atoms with Crippen LogP contribution in [-0.2, 0) is 4.79 Å². The van der Waals surface area contributed by atoms with Crippen molar-refractivity contribution >= 4 is 23.2 Å². The number of hydrogen-bond donors (Lipinski definition) is 1. The molecular weight excluding hydrogens is 312 g/mol. The number of piperazine rings is 1. The van der Waals surface area contributed by atoms with Crippen molar-refractivity contribution in [2.24, 2.45) is 0 Å². The van der Waals surface area contributed by atoms with Gasteiger partial charge in [-0.1, -0.05) is 17.7 Å². The van der Waals surface area contributed by atoms with Crippen LogP contribution < -0.4 is 10.2 Å². The maximum absolute atomic E-state index is 11.9. The Morgan fingerprint density at radius 1 is 1.30 bits per heavy atom. The van der Waals surface area contributed by atoms with E-state index in [9.17, 15) is 4.79 Å². The lowest BCUT2D eigenvalue weighted by atomic mass is 10.2. The smallest absolute Gasteiger partial charge is 0.222 e. The quantitative estimate of drug-likeness (QED) is 0.896. The number of rotatable bonds is 5. The molecule has 0 bridgehead atoms. The Bertz CT molecular complexity index is 615. The van der Waals surface area contributed by atoms with Crippen molar-refractivity contribution in [2.75, 3.05) is 37.6 Å². The lowest BCUT2D eigenvalue weighted by Crippen LogP contribution is -2.47. The third kappa shape index (κ3) is 4.15. The monoisotopic (exact) mass is 332 g/mol. The molecule has 1 aliphatic carbocycles. The average molecular weight is 333 g/mol. The van der Waals surface area contributed by atoms with E-state index in [1.807, 2.05) is 18.2 Å². The molecule has 2 fully saturated rings. The Balaban J connectivity index is 1.41. The number of hydrogen-bond acceptors (Lipinski definition) is 4. The molecule has 0 unspecified atom stereocenters. The molecule has 1 aromatic rings. The maximum atomic E-state index is 11.9. The molecule has 6 heteroatoms. The Morgan fingerprint density at radius 3 is 2.65 bits per heavy atom. The number of nitriles is 1.